The summed E-state index contributed by atoms with van der Waals surface area (Å²) >= 11 is 12.2. The van der Waals surface area contributed by atoms with Crippen molar-refractivity contribution in [2.75, 3.05) is 32.8 Å². The molecule has 2 aromatic carbocycles. The van der Waals surface area contributed by atoms with Crippen molar-refractivity contribution in [2.24, 2.45) is 0 Å². The molecule has 0 spiro atoms. The molecule has 0 saturated carbocycles. The molecule has 3 aromatic rings. The zero-order valence-electron chi connectivity index (χ0n) is 15.9. The van der Waals surface area contributed by atoms with Gasteiger partial charge in [-0.2, -0.15) is 0 Å². The lowest BCUT2D eigenvalue weighted by Gasteiger charge is -2.34. The number of carbonyl (C=O) groups excluding carboxylic acids is 1. The third-order valence-electron chi connectivity index (χ3n) is 5.08. The Balaban J connectivity index is 1.30. The van der Waals surface area contributed by atoms with Gasteiger partial charge in [-0.25, -0.2) is 0 Å². The first-order chi connectivity index (χ1) is 14.1. The second-order valence-corrected chi connectivity index (χ2v) is 7.86. The highest BCUT2D eigenvalue weighted by molar-refractivity contribution is 6.35. The van der Waals surface area contributed by atoms with Crippen molar-refractivity contribution in [2.45, 2.75) is 6.54 Å². The van der Waals surface area contributed by atoms with E-state index in [0.29, 0.717) is 29.4 Å². The molecule has 1 fully saturated rings. The van der Waals surface area contributed by atoms with Gasteiger partial charge in [-0.3, -0.25) is 14.7 Å². The Morgan fingerprint density at radius 3 is 2.52 bits per heavy atom. The van der Waals surface area contributed by atoms with Crippen LogP contribution < -0.4 is 4.74 Å². The number of pyridine rings is 1. The van der Waals surface area contributed by atoms with E-state index < -0.39 is 0 Å². The number of carbonyl (C=O) groups is 1. The number of aromatic nitrogens is 1. The van der Waals surface area contributed by atoms with Crippen molar-refractivity contribution in [3.63, 3.8) is 0 Å². The molecule has 7 heteroatoms. The fourth-order valence-corrected chi connectivity index (χ4v) is 3.80. The van der Waals surface area contributed by atoms with Gasteiger partial charge in [0, 0.05) is 49.3 Å². The summed E-state index contributed by atoms with van der Waals surface area (Å²) < 4.78 is 5.78. The van der Waals surface area contributed by atoms with Crippen LogP contribution in [-0.2, 0) is 11.3 Å². The molecular weight excluding hydrogens is 409 g/mol. The molecule has 150 valence electrons. The third kappa shape index (κ3) is 4.81. The number of ether oxygens (including phenoxy) is 1. The fraction of sp³-hybridized carbons (Fsp3) is 0.273. The summed E-state index contributed by atoms with van der Waals surface area (Å²) in [7, 11) is 0. The molecule has 1 amide bonds. The quantitative estimate of drug-likeness (QED) is 0.607. The first-order valence-corrected chi connectivity index (χ1v) is 10.3. The maximum Gasteiger partial charge on any atom is 0.260 e. The highest BCUT2D eigenvalue weighted by Crippen LogP contribution is 2.29. The Bertz CT molecular complexity index is 1000. The van der Waals surface area contributed by atoms with Crippen molar-refractivity contribution in [3.05, 3.63) is 70.3 Å². The Morgan fingerprint density at radius 2 is 1.76 bits per heavy atom. The van der Waals surface area contributed by atoms with Gasteiger partial charge in [-0.15, -0.1) is 0 Å². The highest BCUT2D eigenvalue weighted by Gasteiger charge is 2.21. The molecule has 4 rings (SSSR count). The van der Waals surface area contributed by atoms with E-state index in [1.165, 1.54) is 5.56 Å². The van der Waals surface area contributed by atoms with E-state index >= 15 is 0 Å². The van der Waals surface area contributed by atoms with Crippen LogP contribution in [0.2, 0.25) is 10.0 Å². The average molecular weight is 430 g/mol. The standard InChI is InChI=1S/C22H21Cl2N3O2/c23-17-5-3-16(4-6-17)14-26-10-12-27(13-11-26)21(28)15-29-20-8-7-19(24)18-2-1-9-25-22(18)20/h1-9H,10-15H2. The van der Waals surface area contributed by atoms with Crippen molar-refractivity contribution in [1.29, 1.82) is 0 Å². The number of amides is 1. The topological polar surface area (TPSA) is 45.7 Å². The molecule has 29 heavy (non-hydrogen) atoms. The number of hydrogen-bond acceptors (Lipinski definition) is 4. The van der Waals surface area contributed by atoms with Crippen molar-refractivity contribution >= 4 is 40.0 Å². The molecule has 0 atom stereocenters. The normalized spacial score (nSPS) is 14.9. The lowest BCUT2D eigenvalue weighted by Crippen LogP contribution is -2.49. The van der Waals surface area contributed by atoms with Crippen LogP contribution in [0.4, 0.5) is 0 Å². The van der Waals surface area contributed by atoms with Crippen LogP contribution in [0.15, 0.2) is 54.7 Å². The molecule has 1 aromatic heterocycles. The van der Waals surface area contributed by atoms with Crippen LogP contribution in [0.5, 0.6) is 5.75 Å². The highest BCUT2D eigenvalue weighted by atomic mass is 35.5. The van der Waals surface area contributed by atoms with Gasteiger partial charge in [0.05, 0.1) is 5.02 Å². The van der Waals surface area contributed by atoms with Gasteiger partial charge in [-0.1, -0.05) is 35.3 Å². The van der Waals surface area contributed by atoms with Crippen LogP contribution in [0.1, 0.15) is 5.56 Å². The number of rotatable bonds is 5. The van der Waals surface area contributed by atoms with Gasteiger partial charge in [0.2, 0.25) is 0 Å². The molecular formula is C22H21Cl2N3O2. The van der Waals surface area contributed by atoms with E-state index in [1.54, 1.807) is 18.3 Å². The van der Waals surface area contributed by atoms with Crippen LogP contribution >= 0.6 is 23.2 Å². The molecule has 0 unspecified atom stereocenters. The summed E-state index contributed by atoms with van der Waals surface area (Å²) in [5.41, 5.74) is 1.89. The van der Waals surface area contributed by atoms with E-state index in [2.05, 4.69) is 9.88 Å². The average Bonchev–Trinajstić information content (AvgIpc) is 2.75. The molecule has 1 aliphatic heterocycles. The third-order valence-corrected chi connectivity index (χ3v) is 5.66. The minimum Gasteiger partial charge on any atom is -0.481 e. The minimum absolute atomic E-state index is 0.00943. The van der Waals surface area contributed by atoms with Gasteiger partial charge < -0.3 is 9.64 Å². The minimum atomic E-state index is -0.0184. The molecule has 0 bridgehead atoms. The largest absolute Gasteiger partial charge is 0.481 e. The predicted octanol–water partition coefficient (Wildman–Crippen LogP) is 4.26. The van der Waals surface area contributed by atoms with Crippen LogP contribution in [0, 0.1) is 0 Å². The van der Waals surface area contributed by atoms with Crippen LogP contribution in [0.3, 0.4) is 0 Å². The Labute approximate surface area is 179 Å². The summed E-state index contributed by atoms with van der Waals surface area (Å²) in [6.45, 7) is 3.90. The number of piperazine rings is 1. The zero-order chi connectivity index (χ0) is 20.2. The molecule has 2 heterocycles. The zero-order valence-corrected chi connectivity index (χ0v) is 17.4. The maximum absolute atomic E-state index is 12.6. The Hall–Kier alpha value is -2.34. The lowest BCUT2D eigenvalue weighted by molar-refractivity contribution is -0.135. The molecule has 0 N–H and O–H groups in total. The second kappa shape index (κ2) is 8.99. The number of benzene rings is 2. The number of hydrogen-bond donors (Lipinski definition) is 0. The van der Waals surface area contributed by atoms with Gasteiger partial charge in [0.15, 0.2) is 6.61 Å². The lowest BCUT2D eigenvalue weighted by atomic mass is 10.2. The van der Waals surface area contributed by atoms with Crippen LogP contribution in [0.25, 0.3) is 10.9 Å². The second-order valence-electron chi connectivity index (χ2n) is 7.02. The number of nitrogens with zero attached hydrogens (tertiary/aromatic N) is 3. The number of fused-ring (bicyclic) bond motifs is 1. The predicted molar refractivity (Wildman–Crippen MR) is 116 cm³/mol. The summed E-state index contributed by atoms with van der Waals surface area (Å²) in [5.74, 6) is 0.551. The van der Waals surface area contributed by atoms with E-state index in [4.69, 9.17) is 27.9 Å². The fourth-order valence-electron chi connectivity index (χ4n) is 3.46. The van der Waals surface area contributed by atoms with Gasteiger partial charge >= 0.3 is 0 Å². The molecule has 5 nitrogen and oxygen atoms in total. The SMILES string of the molecule is O=C(COc1ccc(Cl)c2cccnc12)N1CCN(Cc2ccc(Cl)cc2)CC1. The number of halogens is 2. The first-order valence-electron chi connectivity index (χ1n) is 9.51. The van der Waals surface area contributed by atoms with Crippen molar-refractivity contribution in [1.82, 2.24) is 14.8 Å². The molecule has 1 saturated heterocycles. The van der Waals surface area contributed by atoms with Crippen molar-refractivity contribution in [3.8, 4) is 5.75 Å². The first kappa shape index (κ1) is 20.0. The molecule has 1 aliphatic rings. The van der Waals surface area contributed by atoms with E-state index in [1.807, 2.05) is 41.3 Å². The Kier molecular flexibility index (Phi) is 6.19. The van der Waals surface area contributed by atoms with Crippen LogP contribution in [-0.4, -0.2) is 53.5 Å². The molecule has 0 aliphatic carbocycles. The maximum atomic E-state index is 12.6. The summed E-state index contributed by atoms with van der Waals surface area (Å²) in [6, 6.07) is 15.1. The summed E-state index contributed by atoms with van der Waals surface area (Å²) in [4.78, 5) is 21.1. The summed E-state index contributed by atoms with van der Waals surface area (Å²) in [5, 5.41) is 2.17. The summed E-state index contributed by atoms with van der Waals surface area (Å²) in [6.07, 6.45) is 1.69. The van der Waals surface area contributed by atoms with E-state index in [-0.39, 0.29) is 12.5 Å². The van der Waals surface area contributed by atoms with Crippen molar-refractivity contribution < 1.29 is 9.53 Å². The van der Waals surface area contributed by atoms with Gasteiger partial charge in [0.25, 0.3) is 5.91 Å². The van der Waals surface area contributed by atoms with Gasteiger partial charge in [-0.05, 0) is 42.0 Å². The monoisotopic (exact) mass is 429 g/mol. The van der Waals surface area contributed by atoms with Gasteiger partial charge in [0.1, 0.15) is 11.3 Å². The van der Waals surface area contributed by atoms with E-state index in [9.17, 15) is 4.79 Å². The smallest absolute Gasteiger partial charge is 0.260 e. The molecule has 0 radical (unpaired) electrons. The Morgan fingerprint density at radius 1 is 1.00 bits per heavy atom. The van der Waals surface area contributed by atoms with E-state index in [0.717, 1.165) is 30.0 Å².